The van der Waals surface area contributed by atoms with Gasteiger partial charge in [0.15, 0.2) is 0 Å². The molecule has 1 N–H and O–H groups in total. The topological polar surface area (TPSA) is 101 Å². The maximum Gasteiger partial charge on any atom is 0.269 e. The molecular weight excluding hydrogens is 344 g/mol. The summed E-state index contributed by atoms with van der Waals surface area (Å²) in [6.45, 7) is 0.370. The molecule has 7 nitrogen and oxygen atoms in total. The van der Waals surface area contributed by atoms with Crippen molar-refractivity contribution in [1.82, 2.24) is 4.31 Å². The number of non-ortho nitro benzene ring substituents is 1. The summed E-state index contributed by atoms with van der Waals surface area (Å²) >= 11 is 0. The van der Waals surface area contributed by atoms with Crippen LogP contribution in [0, 0.1) is 10.1 Å². The minimum atomic E-state index is -3.74. The van der Waals surface area contributed by atoms with Gasteiger partial charge in [0, 0.05) is 25.2 Å². The molecule has 0 saturated carbocycles. The van der Waals surface area contributed by atoms with E-state index in [1.54, 1.807) is 0 Å². The van der Waals surface area contributed by atoms with E-state index in [2.05, 4.69) is 0 Å². The van der Waals surface area contributed by atoms with Crippen LogP contribution in [0.3, 0.4) is 0 Å². The number of nitro benzene ring substituents is 1. The fourth-order valence-electron chi connectivity index (χ4n) is 3.02. The van der Waals surface area contributed by atoms with Gasteiger partial charge in [-0.2, -0.15) is 4.31 Å². The molecule has 0 bridgehead atoms. The summed E-state index contributed by atoms with van der Waals surface area (Å²) in [4.78, 5) is 10.1. The zero-order valence-corrected chi connectivity index (χ0v) is 14.2. The van der Waals surface area contributed by atoms with Crippen LogP contribution in [0.5, 0.6) is 0 Å². The maximum atomic E-state index is 12.7. The summed E-state index contributed by atoms with van der Waals surface area (Å²) in [5, 5.41) is 21.5. The lowest BCUT2D eigenvalue weighted by atomic mass is 9.85. The number of benzene rings is 2. The Hall–Kier alpha value is -2.29. The number of hydrogen-bond donors (Lipinski definition) is 1. The highest BCUT2D eigenvalue weighted by Crippen LogP contribution is 2.34. The highest BCUT2D eigenvalue weighted by atomic mass is 32.2. The fraction of sp³-hybridized carbons (Fsp3) is 0.294. The third kappa shape index (κ3) is 3.41. The Balaban J connectivity index is 1.76. The molecule has 0 atom stereocenters. The number of nitro groups is 1. The van der Waals surface area contributed by atoms with Crippen molar-refractivity contribution in [2.45, 2.75) is 23.3 Å². The number of aliphatic hydroxyl groups is 1. The van der Waals surface area contributed by atoms with Gasteiger partial charge in [-0.3, -0.25) is 10.1 Å². The average Bonchev–Trinajstić information content (AvgIpc) is 2.63. The van der Waals surface area contributed by atoms with Gasteiger partial charge in [-0.1, -0.05) is 30.3 Å². The smallest absolute Gasteiger partial charge is 0.269 e. The number of rotatable bonds is 4. The van der Waals surface area contributed by atoms with Crippen molar-refractivity contribution in [3.63, 3.8) is 0 Å². The molecule has 1 heterocycles. The standard InChI is InChI=1S/C17H18N2O5S/c20-17(14-4-2-1-3-5-14)10-12-18(13-11-17)25(23,24)16-8-6-15(7-9-16)19(21)22/h1-9,20H,10-13H2. The van der Waals surface area contributed by atoms with E-state index in [-0.39, 0.29) is 23.7 Å². The first-order valence-electron chi connectivity index (χ1n) is 7.85. The molecule has 25 heavy (non-hydrogen) atoms. The zero-order chi connectivity index (χ0) is 18.1. The average molecular weight is 362 g/mol. The van der Waals surface area contributed by atoms with E-state index >= 15 is 0 Å². The highest BCUT2D eigenvalue weighted by molar-refractivity contribution is 7.89. The minimum Gasteiger partial charge on any atom is -0.385 e. The van der Waals surface area contributed by atoms with E-state index in [1.807, 2.05) is 30.3 Å². The number of sulfonamides is 1. The SMILES string of the molecule is O=[N+]([O-])c1ccc(S(=O)(=O)N2CCC(O)(c3ccccc3)CC2)cc1. The second kappa shape index (κ2) is 6.55. The van der Waals surface area contributed by atoms with Gasteiger partial charge in [-0.05, 0) is 30.5 Å². The number of nitrogens with zero attached hydrogens (tertiary/aromatic N) is 2. The molecule has 0 aromatic heterocycles. The van der Waals surface area contributed by atoms with Gasteiger partial charge in [0.1, 0.15) is 0 Å². The normalized spacial score (nSPS) is 18.0. The second-order valence-electron chi connectivity index (χ2n) is 6.05. The van der Waals surface area contributed by atoms with Crippen molar-refractivity contribution in [1.29, 1.82) is 0 Å². The van der Waals surface area contributed by atoms with Gasteiger partial charge in [0.05, 0.1) is 15.4 Å². The van der Waals surface area contributed by atoms with Crippen LogP contribution in [0.2, 0.25) is 0 Å². The molecular formula is C17H18N2O5S. The van der Waals surface area contributed by atoms with Crippen molar-refractivity contribution in [3.8, 4) is 0 Å². The number of hydrogen-bond acceptors (Lipinski definition) is 5. The Labute approximate surface area is 145 Å². The molecule has 132 valence electrons. The van der Waals surface area contributed by atoms with Gasteiger partial charge < -0.3 is 5.11 Å². The summed E-state index contributed by atoms with van der Waals surface area (Å²) in [6, 6.07) is 14.0. The third-order valence-corrected chi connectivity index (χ3v) is 6.46. The van der Waals surface area contributed by atoms with Crippen LogP contribution in [0.15, 0.2) is 59.5 Å². The predicted octanol–water partition coefficient (Wildman–Crippen LogP) is 2.27. The summed E-state index contributed by atoms with van der Waals surface area (Å²) < 4.78 is 26.7. The molecule has 0 amide bonds. The van der Waals surface area contributed by atoms with Gasteiger partial charge in [-0.15, -0.1) is 0 Å². The maximum absolute atomic E-state index is 12.7. The molecule has 3 rings (SSSR count). The van der Waals surface area contributed by atoms with Crippen LogP contribution >= 0.6 is 0 Å². The third-order valence-electron chi connectivity index (χ3n) is 4.55. The van der Waals surface area contributed by atoms with Crippen LogP contribution < -0.4 is 0 Å². The van der Waals surface area contributed by atoms with Gasteiger partial charge >= 0.3 is 0 Å². The minimum absolute atomic E-state index is 0.0169. The first kappa shape index (κ1) is 17.5. The molecule has 1 saturated heterocycles. The van der Waals surface area contributed by atoms with E-state index in [4.69, 9.17) is 0 Å². The summed E-state index contributed by atoms with van der Waals surface area (Å²) in [7, 11) is -3.74. The molecule has 8 heteroatoms. The first-order chi connectivity index (χ1) is 11.8. The highest BCUT2D eigenvalue weighted by Gasteiger charge is 2.38. The Morgan fingerprint density at radius 3 is 2.08 bits per heavy atom. The predicted molar refractivity (Wildman–Crippen MR) is 91.4 cm³/mol. The summed E-state index contributed by atoms with van der Waals surface area (Å²) in [5.41, 5.74) is -0.415. The molecule has 1 fully saturated rings. The van der Waals surface area contributed by atoms with E-state index in [9.17, 15) is 23.6 Å². The van der Waals surface area contributed by atoms with Crippen molar-refractivity contribution >= 4 is 15.7 Å². The largest absolute Gasteiger partial charge is 0.385 e. The summed E-state index contributed by atoms with van der Waals surface area (Å²) in [5.74, 6) is 0. The van der Waals surface area contributed by atoms with Crippen LogP contribution in [-0.2, 0) is 15.6 Å². The van der Waals surface area contributed by atoms with Crippen molar-refractivity contribution in [3.05, 3.63) is 70.3 Å². The lowest BCUT2D eigenvalue weighted by Gasteiger charge is -2.37. The molecule has 0 aliphatic carbocycles. The lowest BCUT2D eigenvalue weighted by molar-refractivity contribution is -0.384. The molecule has 1 aliphatic heterocycles. The Bertz CT molecular complexity index is 858. The van der Waals surface area contributed by atoms with Crippen molar-refractivity contribution < 1.29 is 18.4 Å². The van der Waals surface area contributed by atoms with Crippen LogP contribution in [-0.4, -0.2) is 35.8 Å². The van der Waals surface area contributed by atoms with Crippen LogP contribution in [0.1, 0.15) is 18.4 Å². The van der Waals surface area contributed by atoms with Crippen molar-refractivity contribution in [2.24, 2.45) is 0 Å². The van der Waals surface area contributed by atoms with Gasteiger partial charge in [0.2, 0.25) is 10.0 Å². The van der Waals surface area contributed by atoms with Crippen molar-refractivity contribution in [2.75, 3.05) is 13.1 Å². The molecule has 0 radical (unpaired) electrons. The number of piperidine rings is 1. The van der Waals surface area contributed by atoms with E-state index in [1.165, 1.54) is 28.6 Å². The van der Waals surface area contributed by atoms with Gasteiger partial charge in [0.25, 0.3) is 5.69 Å². The first-order valence-corrected chi connectivity index (χ1v) is 9.29. The Morgan fingerprint density at radius 1 is 1.00 bits per heavy atom. The molecule has 0 unspecified atom stereocenters. The van der Waals surface area contributed by atoms with E-state index in [0.29, 0.717) is 12.8 Å². The summed E-state index contributed by atoms with van der Waals surface area (Å²) in [6.07, 6.45) is 0.590. The molecule has 0 spiro atoms. The molecule has 2 aromatic carbocycles. The molecule has 1 aliphatic rings. The second-order valence-corrected chi connectivity index (χ2v) is 7.99. The quantitative estimate of drug-likeness (QED) is 0.664. The fourth-order valence-corrected chi connectivity index (χ4v) is 4.46. The Morgan fingerprint density at radius 2 is 1.56 bits per heavy atom. The van der Waals surface area contributed by atoms with Gasteiger partial charge in [-0.25, -0.2) is 8.42 Å². The van der Waals surface area contributed by atoms with Crippen LogP contribution in [0.4, 0.5) is 5.69 Å². The monoisotopic (exact) mass is 362 g/mol. The van der Waals surface area contributed by atoms with E-state index in [0.717, 1.165) is 5.56 Å². The molecule has 2 aromatic rings. The zero-order valence-electron chi connectivity index (χ0n) is 13.4. The lowest BCUT2D eigenvalue weighted by Crippen LogP contribution is -2.45. The Kier molecular flexibility index (Phi) is 4.59. The van der Waals surface area contributed by atoms with E-state index < -0.39 is 20.5 Å². The van der Waals surface area contributed by atoms with Crippen LogP contribution in [0.25, 0.3) is 0 Å².